The van der Waals surface area contributed by atoms with Gasteiger partial charge in [-0.3, -0.25) is 4.79 Å². The predicted octanol–water partition coefficient (Wildman–Crippen LogP) is 3.43. The Balaban J connectivity index is 1.68. The molecular weight excluding hydrogens is 399 g/mol. The topological polar surface area (TPSA) is 65.9 Å². The molecule has 1 amide bonds. The summed E-state index contributed by atoms with van der Waals surface area (Å²) in [5, 5.41) is 9.93. The maximum Gasteiger partial charge on any atom is 0.417 e. The lowest BCUT2D eigenvalue weighted by molar-refractivity contribution is -0.137. The normalized spacial score (nSPS) is 14.9. The van der Waals surface area contributed by atoms with Crippen LogP contribution in [0.1, 0.15) is 15.9 Å². The number of pyridine rings is 1. The maximum absolute atomic E-state index is 12.7. The minimum atomic E-state index is -4.51. The van der Waals surface area contributed by atoms with Gasteiger partial charge >= 0.3 is 6.18 Å². The minimum absolute atomic E-state index is 0.0950. The molecule has 1 saturated heterocycles. The molecule has 150 valence electrons. The third-order valence-corrected chi connectivity index (χ3v) is 4.73. The van der Waals surface area contributed by atoms with Crippen LogP contribution < -0.4 is 9.64 Å². The van der Waals surface area contributed by atoms with Crippen molar-refractivity contribution < 1.29 is 27.8 Å². The number of aromatic hydroxyl groups is 1. The third-order valence-electron chi connectivity index (χ3n) is 4.45. The first-order valence-electron chi connectivity index (χ1n) is 8.34. The summed E-state index contributed by atoms with van der Waals surface area (Å²) < 4.78 is 43.2. The van der Waals surface area contributed by atoms with Gasteiger partial charge in [-0.25, -0.2) is 4.98 Å². The monoisotopic (exact) mass is 415 g/mol. The molecule has 0 spiro atoms. The Morgan fingerprint density at radius 2 is 1.89 bits per heavy atom. The number of phenols is 1. The summed E-state index contributed by atoms with van der Waals surface area (Å²) in [6, 6.07) is 5.26. The number of carbonyl (C=O) groups is 1. The van der Waals surface area contributed by atoms with Crippen LogP contribution in [0.15, 0.2) is 30.5 Å². The van der Waals surface area contributed by atoms with E-state index < -0.39 is 11.7 Å². The molecule has 1 aliphatic rings. The first kappa shape index (κ1) is 20.1. The van der Waals surface area contributed by atoms with E-state index in [0.29, 0.717) is 31.9 Å². The molecule has 1 aromatic carbocycles. The highest BCUT2D eigenvalue weighted by molar-refractivity contribution is 6.33. The maximum atomic E-state index is 12.7. The molecule has 0 unspecified atom stereocenters. The van der Waals surface area contributed by atoms with Gasteiger partial charge in [0.1, 0.15) is 17.3 Å². The van der Waals surface area contributed by atoms with E-state index in [2.05, 4.69) is 4.98 Å². The SMILES string of the molecule is COc1ccc(C(=O)N2CCN(c3ncc(C(F)(F)F)cc3Cl)CC2)c(O)c1. The van der Waals surface area contributed by atoms with Gasteiger partial charge in [0.15, 0.2) is 0 Å². The Hall–Kier alpha value is -2.68. The molecule has 3 rings (SSSR count). The molecule has 0 aliphatic carbocycles. The van der Waals surface area contributed by atoms with E-state index >= 15 is 0 Å². The van der Waals surface area contributed by atoms with Crippen LogP contribution in [0, 0.1) is 0 Å². The summed E-state index contributed by atoms with van der Waals surface area (Å²) in [4.78, 5) is 19.7. The fourth-order valence-electron chi connectivity index (χ4n) is 2.93. The highest BCUT2D eigenvalue weighted by atomic mass is 35.5. The second kappa shape index (κ2) is 7.75. The molecule has 2 heterocycles. The number of aromatic nitrogens is 1. The number of hydrogen-bond donors (Lipinski definition) is 1. The van der Waals surface area contributed by atoms with Gasteiger partial charge < -0.3 is 19.6 Å². The van der Waals surface area contributed by atoms with Crippen molar-refractivity contribution in [3.8, 4) is 11.5 Å². The minimum Gasteiger partial charge on any atom is -0.507 e. The lowest BCUT2D eigenvalue weighted by Gasteiger charge is -2.36. The van der Waals surface area contributed by atoms with Crippen LogP contribution in [-0.2, 0) is 6.18 Å². The molecular formula is C18H17ClF3N3O3. The van der Waals surface area contributed by atoms with Crippen LogP contribution in [0.2, 0.25) is 5.02 Å². The summed E-state index contributed by atoms with van der Waals surface area (Å²) >= 11 is 5.98. The number of anilines is 1. The van der Waals surface area contributed by atoms with E-state index in [1.807, 2.05) is 0 Å². The zero-order valence-corrected chi connectivity index (χ0v) is 15.6. The second-order valence-electron chi connectivity index (χ2n) is 6.19. The number of nitrogens with zero attached hydrogens (tertiary/aromatic N) is 3. The molecule has 1 aromatic heterocycles. The lowest BCUT2D eigenvalue weighted by Crippen LogP contribution is -2.49. The number of piperazine rings is 1. The molecule has 0 radical (unpaired) electrons. The van der Waals surface area contributed by atoms with Gasteiger partial charge in [0.2, 0.25) is 0 Å². The van der Waals surface area contributed by atoms with E-state index in [4.69, 9.17) is 16.3 Å². The highest BCUT2D eigenvalue weighted by Crippen LogP contribution is 2.34. The lowest BCUT2D eigenvalue weighted by atomic mass is 10.1. The van der Waals surface area contributed by atoms with E-state index in [1.54, 1.807) is 15.9 Å². The van der Waals surface area contributed by atoms with Crippen molar-refractivity contribution in [2.45, 2.75) is 6.18 Å². The van der Waals surface area contributed by atoms with E-state index in [-0.39, 0.29) is 28.1 Å². The molecule has 0 atom stereocenters. The number of carbonyl (C=O) groups excluding carboxylic acids is 1. The standard InChI is InChI=1S/C18H17ClF3N3O3/c1-28-12-2-3-13(15(26)9-12)17(27)25-6-4-24(5-7-25)16-14(19)8-11(10-23-16)18(20,21)22/h2-3,8-10,26H,4-7H2,1H3. The van der Waals surface area contributed by atoms with Crippen LogP contribution in [0.3, 0.4) is 0 Å². The number of hydrogen-bond acceptors (Lipinski definition) is 5. The summed E-state index contributed by atoms with van der Waals surface area (Å²) in [6.45, 7) is 1.31. The van der Waals surface area contributed by atoms with Gasteiger partial charge in [0.05, 0.1) is 23.3 Å². The molecule has 0 saturated carbocycles. The Labute approximate surface area is 164 Å². The molecule has 28 heavy (non-hydrogen) atoms. The van der Waals surface area contributed by atoms with Crippen LogP contribution in [0.25, 0.3) is 0 Å². The summed E-state index contributed by atoms with van der Waals surface area (Å²) in [5.41, 5.74) is -0.759. The summed E-state index contributed by atoms with van der Waals surface area (Å²) in [7, 11) is 1.45. The third kappa shape index (κ3) is 4.09. The van der Waals surface area contributed by atoms with Gasteiger partial charge in [0, 0.05) is 38.4 Å². The average molecular weight is 416 g/mol. The van der Waals surface area contributed by atoms with Gasteiger partial charge in [-0.1, -0.05) is 11.6 Å². The van der Waals surface area contributed by atoms with Crippen molar-refractivity contribution in [2.75, 3.05) is 38.2 Å². The number of phenolic OH excluding ortho intramolecular Hbond substituents is 1. The van der Waals surface area contributed by atoms with Crippen LogP contribution in [0.5, 0.6) is 11.5 Å². The smallest absolute Gasteiger partial charge is 0.417 e. The fourth-order valence-corrected chi connectivity index (χ4v) is 3.22. The molecule has 1 N–H and O–H groups in total. The van der Waals surface area contributed by atoms with E-state index in [0.717, 1.165) is 12.3 Å². The number of halogens is 4. The van der Waals surface area contributed by atoms with Crippen molar-refractivity contribution in [1.29, 1.82) is 0 Å². The van der Waals surface area contributed by atoms with Crippen LogP contribution in [0.4, 0.5) is 19.0 Å². The number of ether oxygens (including phenoxy) is 1. The highest BCUT2D eigenvalue weighted by Gasteiger charge is 2.32. The zero-order chi connectivity index (χ0) is 20.5. The molecule has 10 heteroatoms. The Morgan fingerprint density at radius 1 is 1.21 bits per heavy atom. The first-order valence-corrected chi connectivity index (χ1v) is 8.72. The number of rotatable bonds is 3. The van der Waals surface area contributed by atoms with Gasteiger partial charge in [0.25, 0.3) is 5.91 Å². The molecule has 2 aromatic rings. The van der Waals surface area contributed by atoms with Crippen LogP contribution in [-0.4, -0.2) is 54.2 Å². The Morgan fingerprint density at radius 3 is 2.43 bits per heavy atom. The number of alkyl halides is 3. The fraction of sp³-hybridized carbons (Fsp3) is 0.333. The van der Waals surface area contributed by atoms with Crippen molar-refractivity contribution in [2.24, 2.45) is 0 Å². The summed E-state index contributed by atoms with van der Waals surface area (Å²) in [6.07, 6.45) is -3.77. The zero-order valence-electron chi connectivity index (χ0n) is 14.8. The van der Waals surface area contributed by atoms with Crippen LogP contribution >= 0.6 is 11.6 Å². The number of methoxy groups -OCH3 is 1. The van der Waals surface area contributed by atoms with E-state index in [9.17, 15) is 23.1 Å². The van der Waals surface area contributed by atoms with Crippen molar-refractivity contribution in [3.05, 3.63) is 46.6 Å². The first-order chi connectivity index (χ1) is 13.2. The van der Waals surface area contributed by atoms with Gasteiger partial charge in [-0.2, -0.15) is 13.2 Å². The Bertz CT molecular complexity index is 884. The predicted molar refractivity (Wildman–Crippen MR) is 97.0 cm³/mol. The van der Waals surface area contributed by atoms with Crippen molar-refractivity contribution in [3.63, 3.8) is 0 Å². The van der Waals surface area contributed by atoms with Crippen molar-refractivity contribution >= 4 is 23.3 Å². The summed E-state index contributed by atoms with van der Waals surface area (Å²) in [5.74, 6) is 0.154. The second-order valence-corrected chi connectivity index (χ2v) is 6.60. The molecule has 0 bridgehead atoms. The number of benzene rings is 1. The molecule has 6 nitrogen and oxygen atoms in total. The number of amides is 1. The largest absolute Gasteiger partial charge is 0.507 e. The van der Waals surface area contributed by atoms with Gasteiger partial charge in [-0.05, 0) is 18.2 Å². The molecule has 1 aliphatic heterocycles. The van der Waals surface area contributed by atoms with E-state index in [1.165, 1.54) is 19.2 Å². The van der Waals surface area contributed by atoms with Gasteiger partial charge in [-0.15, -0.1) is 0 Å². The molecule has 1 fully saturated rings. The van der Waals surface area contributed by atoms with Crippen molar-refractivity contribution in [1.82, 2.24) is 9.88 Å². The Kier molecular flexibility index (Phi) is 5.55. The average Bonchev–Trinajstić information content (AvgIpc) is 2.66. The quantitative estimate of drug-likeness (QED) is 0.832.